The second-order valence-corrected chi connectivity index (χ2v) is 7.32. The molecule has 0 fully saturated rings. The second-order valence-electron chi connectivity index (χ2n) is 7.32. The van der Waals surface area contributed by atoms with Gasteiger partial charge in [-0.05, 0) is 6.07 Å². The first-order valence-electron chi connectivity index (χ1n) is 10.6. The summed E-state index contributed by atoms with van der Waals surface area (Å²) in [6.07, 6.45) is -2.30. The Labute approximate surface area is 210 Å². The molecule has 3 atom stereocenters. The van der Waals surface area contributed by atoms with Gasteiger partial charge in [0.2, 0.25) is 5.91 Å². The maximum Gasteiger partial charge on any atom is 0.349 e. The Morgan fingerprint density at radius 3 is 2.11 bits per heavy atom. The molecule has 16 nitrogen and oxygen atoms in total. The summed E-state index contributed by atoms with van der Waals surface area (Å²) in [6.45, 7) is 4.41. The van der Waals surface area contributed by atoms with Gasteiger partial charge < -0.3 is 24.3 Å². The van der Waals surface area contributed by atoms with Crippen molar-refractivity contribution in [3.63, 3.8) is 0 Å². The van der Waals surface area contributed by atoms with Crippen LogP contribution in [0.15, 0.2) is 22.2 Å². The van der Waals surface area contributed by atoms with Gasteiger partial charge in [-0.2, -0.15) is 10.1 Å². The molecule has 0 bridgehead atoms. The summed E-state index contributed by atoms with van der Waals surface area (Å²) in [6, 6.07) is 1.30. The van der Waals surface area contributed by atoms with Crippen molar-refractivity contribution >= 4 is 47.7 Å². The molecule has 1 heterocycles. The Bertz CT molecular complexity index is 1110. The molecule has 0 radical (unpaired) electrons. The summed E-state index contributed by atoms with van der Waals surface area (Å²) in [5, 5.41) is 5.98. The number of carbonyl (C=O) groups is 6. The fourth-order valence-electron chi connectivity index (χ4n) is 2.70. The van der Waals surface area contributed by atoms with Crippen LogP contribution in [-0.4, -0.2) is 76.4 Å². The van der Waals surface area contributed by atoms with Crippen LogP contribution in [0, 0.1) is 0 Å². The van der Waals surface area contributed by atoms with Crippen LogP contribution in [0.5, 0.6) is 0 Å². The van der Waals surface area contributed by atoms with Crippen molar-refractivity contribution in [3.8, 4) is 0 Å². The first kappa shape index (κ1) is 30.4. The van der Waals surface area contributed by atoms with Crippen LogP contribution in [0.3, 0.4) is 0 Å². The third-order valence-corrected chi connectivity index (χ3v) is 3.97. The van der Waals surface area contributed by atoms with Gasteiger partial charge in [-0.1, -0.05) is 0 Å². The fraction of sp³-hybridized carbons (Fsp3) is 0.476. The van der Waals surface area contributed by atoms with Crippen molar-refractivity contribution in [2.75, 3.05) is 11.9 Å². The molecular weight excluding hydrogens is 498 g/mol. The maximum atomic E-state index is 12.2. The number of ether oxygens (including phenoxy) is 4. The maximum absolute atomic E-state index is 12.2. The van der Waals surface area contributed by atoms with Crippen molar-refractivity contribution in [3.05, 3.63) is 22.7 Å². The molecule has 2 amide bonds. The Morgan fingerprint density at radius 1 is 0.973 bits per heavy atom. The van der Waals surface area contributed by atoms with Gasteiger partial charge in [0.25, 0.3) is 5.91 Å². The zero-order valence-electron chi connectivity index (χ0n) is 20.7. The number of aromatic nitrogens is 2. The first-order chi connectivity index (χ1) is 17.3. The number of carbonyl (C=O) groups excluding carboxylic acids is 6. The standard InChI is InChI=1S/C21H27N5O11/c1-11(27)23-18-6-7-26(21(33)24-18)9-19(32)25-22-8-16(35-13(3)29)20(37-15(5)31)17(36-14(4)30)10-34-12(2)28/h6-8,16-17,20H,9-10H2,1-5H3,(H,25,32)(H,23,24,27,33)/b22-8+/t16-,17-,20+/m0/s1. The molecule has 0 unspecified atom stereocenters. The lowest BCUT2D eigenvalue weighted by molar-refractivity contribution is -0.183. The Hall–Kier alpha value is -4.63. The number of hydrogen-bond donors (Lipinski definition) is 2. The molecule has 0 aliphatic carbocycles. The number of amides is 2. The van der Waals surface area contributed by atoms with E-state index in [0.717, 1.165) is 38.5 Å². The molecule has 1 aromatic heterocycles. The Kier molecular flexibility index (Phi) is 12.1. The number of esters is 4. The fourth-order valence-corrected chi connectivity index (χ4v) is 2.70. The summed E-state index contributed by atoms with van der Waals surface area (Å²) in [5.74, 6) is -4.46. The molecule has 37 heavy (non-hydrogen) atoms. The van der Waals surface area contributed by atoms with E-state index in [0.29, 0.717) is 0 Å². The topological polar surface area (TPSA) is 211 Å². The van der Waals surface area contributed by atoms with Gasteiger partial charge in [0.1, 0.15) is 19.0 Å². The molecule has 1 rings (SSSR count). The number of hydrazone groups is 1. The van der Waals surface area contributed by atoms with E-state index in [1.165, 1.54) is 19.2 Å². The first-order valence-corrected chi connectivity index (χ1v) is 10.6. The van der Waals surface area contributed by atoms with E-state index in [4.69, 9.17) is 18.9 Å². The molecule has 0 aliphatic rings. The lowest BCUT2D eigenvalue weighted by Crippen LogP contribution is -2.48. The van der Waals surface area contributed by atoms with Gasteiger partial charge in [0.05, 0.1) is 6.21 Å². The minimum absolute atomic E-state index is 0.00371. The van der Waals surface area contributed by atoms with Crippen LogP contribution in [0.25, 0.3) is 0 Å². The predicted octanol–water partition coefficient (Wildman–Crippen LogP) is -1.34. The van der Waals surface area contributed by atoms with E-state index < -0.39 is 72.8 Å². The van der Waals surface area contributed by atoms with Crippen molar-refractivity contribution in [1.29, 1.82) is 0 Å². The van der Waals surface area contributed by atoms with E-state index >= 15 is 0 Å². The lowest BCUT2D eigenvalue weighted by Gasteiger charge is -2.29. The van der Waals surface area contributed by atoms with Gasteiger partial charge >= 0.3 is 29.6 Å². The smallest absolute Gasteiger partial charge is 0.349 e. The minimum atomic E-state index is -1.52. The van der Waals surface area contributed by atoms with Gasteiger partial charge in [0, 0.05) is 40.8 Å². The number of hydrogen-bond acceptors (Lipinski definition) is 13. The zero-order valence-corrected chi connectivity index (χ0v) is 20.7. The Balaban J connectivity index is 3.07. The number of nitrogens with one attached hydrogen (secondary N) is 2. The quantitative estimate of drug-likeness (QED) is 0.141. The molecule has 0 saturated carbocycles. The van der Waals surface area contributed by atoms with E-state index in [9.17, 15) is 33.6 Å². The SMILES string of the molecule is CC(=O)Nc1ccn(CC(=O)N/N=C/[C@H](OC(C)=O)[C@@H](OC(C)=O)[C@H](COC(C)=O)OC(C)=O)c(=O)n1. The van der Waals surface area contributed by atoms with Crippen LogP contribution in [0.2, 0.25) is 0 Å². The Morgan fingerprint density at radius 2 is 1.59 bits per heavy atom. The molecule has 0 spiro atoms. The number of nitrogens with zero attached hydrogens (tertiary/aromatic N) is 3. The van der Waals surface area contributed by atoms with Crippen LogP contribution < -0.4 is 16.4 Å². The summed E-state index contributed by atoms with van der Waals surface area (Å²) < 4.78 is 21.1. The molecule has 0 aromatic carbocycles. The molecule has 2 N–H and O–H groups in total. The van der Waals surface area contributed by atoms with Crippen molar-refractivity contribution in [2.24, 2.45) is 5.10 Å². The normalized spacial score (nSPS) is 13.0. The third-order valence-electron chi connectivity index (χ3n) is 3.97. The third kappa shape index (κ3) is 12.1. The van der Waals surface area contributed by atoms with Gasteiger partial charge in [-0.25, -0.2) is 10.2 Å². The molecule has 202 valence electrons. The minimum Gasteiger partial charge on any atom is -0.462 e. The van der Waals surface area contributed by atoms with E-state index in [1.54, 1.807) is 0 Å². The summed E-state index contributed by atoms with van der Waals surface area (Å²) in [5.41, 5.74) is 1.27. The van der Waals surface area contributed by atoms with Gasteiger partial charge in [-0.15, -0.1) is 0 Å². The summed E-state index contributed by atoms with van der Waals surface area (Å²) in [7, 11) is 0. The van der Waals surface area contributed by atoms with Gasteiger partial charge in [0.15, 0.2) is 18.3 Å². The number of anilines is 1. The van der Waals surface area contributed by atoms with Crippen molar-refractivity contribution in [1.82, 2.24) is 15.0 Å². The van der Waals surface area contributed by atoms with Crippen molar-refractivity contribution in [2.45, 2.75) is 59.5 Å². The lowest BCUT2D eigenvalue weighted by atomic mass is 10.1. The zero-order chi connectivity index (χ0) is 28.1. The number of rotatable bonds is 12. The van der Waals surface area contributed by atoms with E-state index in [-0.39, 0.29) is 5.82 Å². The molecule has 0 aliphatic heterocycles. The molecule has 1 aromatic rings. The highest BCUT2D eigenvalue weighted by molar-refractivity contribution is 5.87. The van der Waals surface area contributed by atoms with Crippen LogP contribution in [0.4, 0.5) is 5.82 Å². The monoisotopic (exact) mass is 525 g/mol. The van der Waals surface area contributed by atoms with E-state index in [2.05, 4.69) is 20.8 Å². The largest absolute Gasteiger partial charge is 0.462 e. The summed E-state index contributed by atoms with van der Waals surface area (Å²) >= 11 is 0. The highest BCUT2D eigenvalue weighted by Crippen LogP contribution is 2.14. The van der Waals surface area contributed by atoms with Crippen molar-refractivity contribution < 1.29 is 47.7 Å². The summed E-state index contributed by atoms with van der Waals surface area (Å²) in [4.78, 5) is 85.0. The van der Waals surface area contributed by atoms with Gasteiger partial charge in [-0.3, -0.25) is 33.3 Å². The molecule has 16 heteroatoms. The van der Waals surface area contributed by atoms with Crippen LogP contribution in [0.1, 0.15) is 34.6 Å². The molecular formula is C21H27N5O11. The highest BCUT2D eigenvalue weighted by atomic mass is 16.6. The average Bonchev–Trinajstić information content (AvgIpc) is 2.75. The molecule has 0 saturated heterocycles. The van der Waals surface area contributed by atoms with Crippen LogP contribution >= 0.6 is 0 Å². The van der Waals surface area contributed by atoms with E-state index in [1.807, 2.05) is 0 Å². The average molecular weight is 525 g/mol. The second kappa shape index (κ2) is 14.7. The predicted molar refractivity (Wildman–Crippen MR) is 123 cm³/mol. The van der Waals surface area contributed by atoms with Crippen LogP contribution in [-0.2, 0) is 54.3 Å². The highest BCUT2D eigenvalue weighted by Gasteiger charge is 2.37.